The lowest BCUT2D eigenvalue weighted by Gasteiger charge is -2.34. The zero-order chi connectivity index (χ0) is 20.2. The van der Waals surface area contributed by atoms with Crippen molar-refractivity contribution in [3.63, 3.8) is 0 Å². The molecule has 1 saturated carbocycles. The highest BCUT2D eigenvalue weighted by Gasteiger charge is 2.23. The number of halogens is 1. The van der Waals surface area contributed by atoms with Crippen molar-refractivity contribution in [1.29, 1.82) is 0 Å². The summed E-state index contributed by atoms with van der Waals surface area (Å²) in [7, 11) is 0. The minimum absolute atomic E-state index is 0. The molecule has 0 aromatic heterocycles. The van der Waals surface area contributed by atoms with Gasteiger partial charge in [-0.25, -0.2) is 0 Å². The maximum atomic E-state index is 6.24. The van der Waals surface area contributed by atoms with Crippen molar-refractivity contribution in [3.8, 4) is 0 Å². The SMILES string of the molecule is CCNC(=NCCCCCN1CCCCC1)N1CCC(OCC2CCCC2)CC1.I. The average molecular weight is 535 g/mol. The summed E-state index contributed by atoms with van der Waals surface area (Å²) < 4.78 is 6.24. The molecule has 0 aromatic carbocycles. The van der Waals surface area contributed by atoms with Crippen LogP contribution in [0.15, 0.2) is 4.99 Å². The van der Waals surface area contributed by atoms with Gasteiger partial charge in [-0.15, -0.1) is 24.0 Å². The molecule has 2 heterocycles. The number of likely N-dealkylation sites (tertiary alicyclic amines) is 2. The number of hydrogen-bond donors (Lipinski definition) is 1. The molecular formula is C24H47IN4O. The Bertz CT molecular complexity index is 456. The minimum Gasteiger partial charge on any atom is -0.378 e. The first-order chi connectivity index (χ1) is 14.3. The van der Waals surface area contributed by atoms with Crippen molar-refractivity contribution in [3.05, 3.63) is 0 Å². The van der Waals surface area contributed by atoms with E-state index in [1.165, 1.54) is 83.8 Å². The fourth-order valence-electron chi connectivity index (χ4n) is 5.10. The standard InChI is InChI=1S/C24H46N4O.HI/c1-2-25-24(26-15-7-3-8-16-27-17-9-4-10-18-27)28-19-13-23(14-20-28)29-21-22-11-5-6-12-22;/h22-23H,2-21H2,1H3,(H,25,26);1H. The molecule has 3 aliphatic rings. The van der Waals surface area contributed by atoms with Gasteiger partial charge in [-0.3, -0.25) is 4.99 Å². The van der Waals surface area contributed by atoms with Crippen molar-refractivity contribution in [2.45, 2.75) is 90.1 Å². The number of nitrogens with zero attached hydrogens (tertiary/aromatic N) is 3. The van der Waals surface area contributed by atoms with Crippen LogP contribution in [-0.4, -0.2) is 74.3 Å². The first kappa shape index (κ1) is 26.2. The summed E-state index contributed by atoms with van der Waals surface area (Å²) in [6.45, 7) is 11.2. The van der Waals surface area contributed by atoms with Gasteiger partial charge in [0, 0.05) is 32.8 Å². The molecule has 0 amide bonds. The highest BCUT2D eigenvalue weighted by Crippen LogP contribution is 2.26. The predicted octanol–water partition coefficient (Wildman–Crippen LogP) is 4.90. The van der Waals surface area contributed by atoms with E-state index in [-0.39, 0.29) is 24.0 Å². The first-order valence-corrected chi connectivity index (χ1v) is 12.7. The summed E-state index contributed by atoms with van der Waals surface area (Å²) in [5.41, 5.74) is 0. The van der Waals surface area contributed by atoms with Gasteiger partial charge < -0.3 is 19.9 Å². The molecular weight excluding hydrogens is 487 g/mol. The molecule has 0 radical (unpaired) electrons. The van der Waals surface area contributed by atoms with Crippen LogP contribution in [0, 0.1) is 5.92 Å². The van der Waals surface area contributed by atoms with Crippen molar-refractivity contribution >= 4 is 29.9 Å². The van der Waals surface area contributed by atoms with E-state index in [0.717, 1.165) is 57.5 Å². The average Bonchev–Trinajstić information content (AvgIpc) is 3.29. The van der Waals surface area contributed by atoms with E-state index in [1.807, 2.05) is 0 Å². The van der Waals surface area contributed by atoms with Crippen LogP contribution >= 0.6 is 24.0 Å². The zero-order valence-electron chi connectivity index (χ0n) is 19.5. The summed E-state index contributed by atoms with van der Waals surface area (Å²) >= 11 is 0. The lowest BCUT2D eigenvalue weighted by molar-refractivity contribution is 0.00102. The van der Waals surface area contributed by atoms with Crippen LogP contribution in [0.25, 0.3) is 0 Å². The van der Waals surface area contributed by atoms with Crippen LogP contribution in [0.3, 0.4) is 0 Å². The molecule has 3 rings (SSSR count). The Labute approximate surface area is 202 Å². The molecule has 5 nitrogen and oxygen atoms in total. The van der Waals surface area contributed by atoms with E-state index in [2.05, 4.69) is 22.0 Å². The molecule has 3 fully saturated rings. The Kier molecular flexibility index (Phi) is 13.7. The maximum Gasteiger partial charge on any atom is 0.193 e. The van der Waals surface area contributed by atoms with Crippen molar-refractivity contribution in [2.75, 3.05) is 52.4 Å². The van der Waals surface area contributed by atoms with Crippen LogP contribution in [0.4, 0.5) is 0 Å². The fraction of sp³-hybridized carbons (Fsp3) is 0.958. The lowest BCUT2D eigenvalue weighted by atomic mass is 10.1. The van der Waals surface area contributed by atoms with Gasteiger partial charge in [0.15, 0.2) is 5.96 Å². The Morgan fingerprint density at radius 2 is 1.63 bits per heavy atom. The number of piperidine rings is 2. The highest BCUT2D eigenvalue weighted by atomic mass is 127. The fourth-order valence-corrected chi connectivity index (χ4v) is 5.10. The second-order valence-electron chi connectivity index (χ2n) is 9.37. The predicted molar refractivity (Wildman–Crippen MR) is 138 cm³/mol. The van der Waals surface area contributed by atoms with Gasteiger partial charge in [-0.2, -0.15) is 0 Å². The molecule has 176 valence electrons. The van der Waals surface area contributed by atoms with Gasteiger partial charge >= 0.3 is 0 Å². The van der Waals surface area contributed by atoms with Crippen molar-refractivity contribution < 1.29 is 4.74 Å². The first-order valence-electron chi connectivity index (χ1n) is 12.7. The van der Waals surface area contributed by atoms with E-state index in [4.69, 9.17) is 9.73 Å². The van der Waals surface area contributed by atoms with E-state index in [9.17, 15) is 0 Å². The molecule has 0 atom stereocenters. The number of unbranched alkanes of at least 4 members (excludes halogenated alkanes) is 2. The number of nitrogens with one attached hydrogen (secondary N) is 1. The normalized spacial score (nSPS) is 22.3. The summed E-state index contributed by atoms with van der Waals surface area (Å²) in [6.07, 6.45) is 16.4. The second-order valence-corrected chi connectivity index (χ2v) is 9.37. The van der Waals surface area contributed by atoms with Crippen molar-refractivity contribution in [1.82, 2.24) is 15.1 Å². The number of aliphatic imine (C=N–C) groups is 1. The molecule has 0 spiro atoms. The summed E-state index contributed by atoms with van der Waals surface area (Å²) in [5, 5.41) is 3.51. The van der Waals surface area contributed by atoms with E-state index in [0.29, 0.717) is 6.10 Å². The molecule has 30 heavy (non-hydrogen) atoms. The Hall–Kier alpha value is -0.0800. The van der Waals surface area contributed by atoms with Crippen LogP contribution < -0.4 is 5.32 Å². The summed E-state index contributed by atoms with van der Waals surface area (Å²) in [4.78, 5) is 10.0. The largest absolute Gasteiger partial charge is 0.378 e. The number of ether oxygens (including phenoxy) is 1. The molecule has 2 saturated heterocycles. The van der Waals surface area contributed by atoms with E-state index in [1.54, 1.807) is 0 Å². The molecule has 6 heteroatoms. The highest BCUT2D eigenvalue weighted by molar-refractivity contribution is 14.0. The molecule has 1 aliphatic carbocycles. The lowest BCUT2D eigenvalue weighted by Crippen LogP contribution is -2.47. The quantitative estimate of drug-likeness (QED) is 0.187. The van der Waals surface area contributed by atoms with Gasteiger partial charge in [-0.1, -0.05) is 25.7 Å². The van der Waals surface area contributed by atoms with Gasteiger partial charge in [0.25, 0.3) is 0 Å². The Balaban J connectivity index is 0.00000320. The Morgan fingerprint density at radius 3 is 2.33 bits per heavy atom. The second kappa shape index (κ2) is 15.7. The van der Waals surface area contributed by atoms with Gasteiger partial charge in [-0.05, 0) is 83.8 Å². The molecule has 0 aromatic rings. The van der Waals surface area contributed by atoms with Crippen LogP contribution in [0.2, 0.25) is 0 Å². The molecule has 2 aliphatic heterocycles. The third kappa shape index (κ3) is 9.60. The van der Waals surface area contributed by atoms with Crippen LogP contribution in [-0.2, 0) is 4.74 Å². The minimum atomic E-state index is 0. The molecule has 0 bridgehead atoms. The third-order valence-electron chi connectivity index (χ3n) is 6.96. The smallest absolute Gasteiger partial charge is 0.193 e. The number of guanidine groups is 1. The van der Waals surface area contributed by atoms with Gasteiger partial charge in [0.05, 0.1) is 6.10 Å². The van der Waals surface area contributed by atoms with Gasteiger partial charge in [0.1, 0.15) is 0 Å². The maximum absolute atomic E-state index is 6.24. The third-order valence-corrected chi connectivity index (χ3v) is 6.96. The van der Waals surface area contributed by atoms with Crippen LogP contribution in [0.5, 0.6) is 0 Å². The van der Waals surface area contributed by atoms with Crippen molar-refractivity contribution in [2.24, 2.45) is 10.9 Å². The summed E-state index contributed by atoms with van der Waals surface area (Å²) in [5.74, 6) is 1.96. The monoisotopic (exact) mass is 534 g/mol. The zero-order valence-corrected chi connectivity index (χ0v) is 21.8. The van der Waals surface area contributed by atoms with E-state index < -0.39 is 0 Å². The summed E-state index contributed by atoms with van der Waals surface area (Å²) in [6, 6.07) is 0. The van der Waals surface area contributed by atoms with E-state index >= 15 is 0 Å². The Morgan fingerprint density at radius 1 is 0.900 bits per heavy atom. The van der Waals surface area contributed by atoms with Gasteiger partial charge in [0.2, 0.25) is 0 Å². The molecule has 1 N–H and O–H groups in total. The molecule has 0 unspecified atom stereocenters. The van der Waals surface area contributed by atoms with Crippen LogP contribution in [0.1, 0.15) is 84.0 Å². The topological polar surface area (TPSA) is 40.1 Å². The number of rotatable bonds is 10. The number of hydrogen-bond acceptors (Lipinski definition) is 3.